The lowest BCUT2D eigenvalue weighted by Gasteiger charge is -2.11. The Kier molecular flexibility index (Phi) is 6.51. The normalized spacial score (nSPS) is 11.8. The number of nitrogens with one attached hydrogen (secondary N) is 1. The van der Waals surface area contributed by atoms with Gasteiger partial charge in [-0.2, -0.15) is 0 Å². The first-order valence-electron chi connectivity index (χ1n) is 4.50. The zero-order valence-corrected chi connectivity index (χ0v) is 8.35. The van der Waals surface area contributed by atoms with E-state index >= 15 is 0 Å². The third kappa shape index (κ3) is 6.00. The fourth-order valence-electron chi connectivity index (χ4n) is 0.933. The van der Waals surface area contributed by atoms with Crippen molar-refractivity contribution in [2.75, 3.05) is 6.54 Å². The van der Waals surface area contributed by atoms with Gasteiger partial charge in [0.15, 0.2) is 0 Å². The molecule has 0 aliphatic rings. The van der Waals surface area contributed by atoms with Gasteiger partial charge in [-0.15, -0.1) is 12.3 Å². The first-order valence-corrected chi connectivity index (χ1v) is 4.50. The molecule has 0 rings (SSSR count). The van der Waals surface area contributed by atoms with Crippen LogP contribution in [0.5, 0.6) is 0 Å². The maximum atomic E-state index is 5.23. The van der Waals surface area contributed by atoms with E-state index in [4.69, 9.17) is 6.42 Å². The minimum absolute atomic E-state index is 0.477. The van der Waals surface area contributed by atoms with Gasteiger partial charge in [0.05, 0.1) is 0 Å². The molecular formula is C11H19N. The van der Waals surface area contributed by atoms with Gasteiger partial charge in [-0.05, 0) is 20.3 Å². The van der Waals surface area contributed by atoms with Gasteiger partial charge in [-0.25, -0.2) is 0 Å². The maximum absolute atomic E-state index is 5.23. The molecule has 0 aliphatic carbocycles. The molecule has 0 aromatic rings. The summed E-state index contributed by atoms with van der Waals surface area (Å²) >= 11 is 0. The van der Waals surface area contributed by atoms with Crippen molar-refractivity contribution in [3.63, 3.8) is 0 Å². The molecule has 1 unspecified atom stereocenters. The number of allylic oxidation sites excluding steroid dienone is 1. The predicted octanol–water partition coefficient (Wildman–Crippen LogP) is 2.34. The van der Waals surface area contributed by atoms with Crippen molar-refractivity contribution in [3.05, 3.63) is 11.6 Å². The lowest BCUT2D eigenvalue weighted by molar-refractivity contribution is 0.535. The summed E-state index contributed by atoms with van der Waals surface area (Å²) in [6.45, 7) is 7.29. The van der Waals surface area contributed by atoms with Crippen molar-refractivity contribution in [2.24, 2.45) is 0 Å². The molecule has 0 aromatic carbocycles. The Morgan fingerprint density at radius 2 is 2.25 bits per heavy atom. The summed E-state index contributed by atoms with van der Waals surface area (Å²) in [6.07, 6.45) is 9.34. The second-order valence-electron chi connectivity index (χ2n) is 3.20. The summed E-state index contributed by atoms with van der Waals surface area (Å²) in [5.41, 5.74) is 1.35. The topological polar surface area (TPSA) is 12.0 Å². The van der Waals surface area contributed by atoms with Crippen molar-refractivity contribution in [2.45, 2.75) is 39.7 Å². The van der Waals surface area contributed by atoms with Crippen LogP contribution in [0.15, 0.2) is 11.6 Å². The molecular weight excluding hydrogens is 146 g/mol. The molecule has 0 amide bonds. The molecule has 1 nitrogen and oxygen atoms in total. The van der Waals surface area contributed by atoms with Crippen molar-refractivity contribution < 1.29 is 0 Å². The molecule has 0 aliphatic heterocycles. The predicted molar refractivity (Wildman–Crippen MR) is 55.0 cm³/mol. The highest BCUT2D eigenvalue weighted by Crippen LogP contribution is 1.95. The zero-order valence-electron chi connectivity index (χ0n) is 8.35. The minimum atomic E-state index is 0.477. The monoisotopic (exact) mass is 165 g/mol. The molecule has 0 aromatic heterocycles. The second-order valence-corrected chi connectivity index (χ2v) is 3.20. The van der Waals surface area contributed by atoms with Crippen LogP contribution in [0.4, 0.5) is 0 Å². The Labute approximate surface area is 76.2 Å². The smallest absolute Gasteiger partial charge is 0.0240 e. The Bertz CT molecular complexity index is 170. The van der Waals surface area contributed by atoms with Gasteiger partial charge in [-0.3, -0.25) is 0 Å². The Morgan fingerprint density at radius 1 is 1.58 bits per heavy atom. The quantitative estimate of drug-likeness (QED) is 0.487. The second kappa shape index (κ2) is 6.94. The molecule has 0 bridgehead atoms. The molecule has 1 atom stereocenters. The molecule has 12 heavy (non-hydrogen) atoms. The summed E-state index contributed by atoms with van der Waals surface area (Å²) in [7, 11) is 0. The largest absolute Gasteiger partial charge is 0.310 e. The fourth-order valence-corrected chi connectivity index (χ4v) is 0.933. The molecule has 0 radical (unpaired) electrons. The van der Waals surface area contributed by atoms with E-state index in [1.807, 2.05) is 0 Å². The van der Waals surface area contributed by atoms with Gasteiger partial charge >= 0.3 is 0 Å². The maximum Gasteiger partial charge on any atom is 0.0240 e. The summed E-state index contributed by atoms with van der Waals surface area (Å²) in [6, 6.07) is 0.477. The molecule has 1 heteroatoms. The molecule has 1 N–H and O–H groups in total. The molecule has 68 valence electrons. The van der Waals surface area contributed by atoms with Crippen LogP contribution in [-0.4, -0.2) is 12.6 Å². The van der Waals surface area contributed by atoms with Crippen molar-refractivity contribution in [1.82, 2.24) is 5.32 Å². The number of hydrogen-bond acceptors (Lipinski definition) is 1. The highest BCUT2D eigenvalue weighted by Gasteiger charge is 2.00. The standard InChI is InChI=1S/C11H19N/c1-5-7-11(6-2)12-9-8-10(3)4/h1,8,11-12H,6-7,9H2,2-4H3. The van der Waals surface area contributed by atoms with Gasteiger partial charge in [0, 0.05) is 19.0 Å². The first kappa shape index (κ1) is 11.3. The third-order valence-electron chi connectivity index (χ3n) is 1.77. The van der Waals surface area contributed by atoms with E-state index in [0.717, 1.165) is 19.4 Å². The summed E-state index contributed by atoms with van der Waals surface area (Å²) in [5, 5.41) is 3.38. The third-order valence-corrected chi connectivity index (χ3v) is 1.77. The SMILES string of the molecule is C#CCC(CC)NCC=C(C)C. The van der Waals surface area contributed by atoms with Gasteiger partial charge in [0.2, 0.25) is 0 Å². The van der Waals surface area contributed by atoms with Gasteiger partial charge in [0.25, 0.3) is 0 Å². The number of terminal acetylenes is 1. The van der Waals surface area contributed by atoms with Crippen molar-refractivity contribution >= 4 is 0 Å². The van der Waals surface area contributed by atoms with Crippen LogP contribution in [-0.2, 0) is 0 Å². The molecule has 0 saturated heterocycles. The van der Waals surface area contributed by atoms with Crippen LogP contribution in [0.1, 0.15) is 33.6 Å². The Hall–Kier alpha value is -0.740. The number of rotatable bonds is 5. The highest BCUT2D eigenvalue weighted by atomic mass is 14.9. The molecule has 0 saturated carbocycles. The van der Waals surface area contributed by atoms with Crippen LogP contribution in [0.25, 0.3) is 0 Å². The summed E-state index contributed by atoms with van der Waals surface area (Å²) < 4.78 is 0. The number of hydrogen-bond donors (Lipinski definition) is 1. The summed E-state index contributed by atoms with van der Waals surface area (Å²) in [5.74, 6) is 2.67. The van der Waals surface area contributed by atoms with E-state index in [1.54, 1.807) is 0 Å². The Balaban J connectivity index is 3.59. The van der Waals surface area contributed by atoms with Crippen LogP contribution >= 0.6 is 0 Å². The lowest BCUT2D eigenvalue weighted by Crippen LogP contribution is -2.28. The average molecular weight is 165 g/mol. The van der Waals surface area contributed by atoms with Gasteiger partial charge in [0.1, 0.15) is 0 Å². The van der Waals surface area contributed by atoms with Crippen LogP contribution in [0.2, 0.25) is 0 Å². The van der Waals surface area contributed by atoms with Crippen molar-refractivity contribution in [3.8, 4) is 12.3 Å². The summed E-state index contributed by atoms with van der Waals surface area (Å²) in [4.78, 5) is 0. The fraction of sp³-hybridized carbons (Fsp3) is 0.636. The van der Waals surface area contributed by atoms with E-state index in [9.17, 15) is 0 Å². The Morgan fingerprint density at radius 3 is 2.67 bits per heavy atom. The molecule has 0 fully saturated rings. The van der Waals surface area contributed by atoms with E-state index in [0.29, 0.717) is 6.04 Å². The van der Waals surface area contributed by atoms with Gasteiger partial charge < -0.3 is 5.32 Å². The van der Waals surface area contributed by atoms with E-state index in [-0.39, 0.29) is 0 Å². The molecule has 0 spiro atoms. The first-order chi connectivity index (χ1) is 5.70. The average Bonchev–Trinajstić information content (AvgIpc) is 2.02. The van der Waals surface area contributed by atoms with E-state index in [2.05, 4.69) is 38.1 Å². The van der Waals surface area contributed by atoms with Crippen LogP contribution in [0, 0.1) is 12.3 Å². The van der Waals surface area contributed by atoms with Gasteiger partial charge in [-0.1, -0.05) is 18.6 Å². The van der Waals surface area contributed by atoms with Crippen LogP contribution < -0.4 is 5.32 Å². The molecule has 0 heterocycles. The van der Waals surface area contributed by atoms with E-state index in [1.165, 1.54) is 5.57 Å². The highest BCUT2D eigenvalue weighted by molar-refractivity contribution is 4.96. The zero-order chi connectivity index (χ0) is 9.40. The van der Waals surface area contributed by atoms with Crippen LogP contribution in [0.3, 0.4) is 0 Å². The lowest BCUT2D eigenvalue weighted by atomic mass is 10.1. The van der Waals surface area contributed by atoms with Crippen molar-refractivity contribution in [1.29, 1.82) is 0 Å². The van der Waals surface area contributed by atoms with E-state index < -0.39 is 0 Å². The minimum Gasteiger partial charge on any atom is -0.310 e.